The van der Waals surface area contributed by atoms with Crippen LogP contribution in [0.2, 0.25) is 0 Å². The van der Waals surface area contributed by atoms with Crippen LogP contribution in [-0.2, 0) is 9.53 Å². The lowest BCUT2D eigenvalue weighted by atomic mass is 9.86. The predicted molar refractivity (Wildman–Crippen MR) is 96.2 cm³/mol. The minimum Gasteiger partial charge on any atom is -0.448 e. The van der Waals surface area contributed by atoms with Crippen molar-refractivity contribution in [2.24, 2.45) is 5.92 Å². The van der Waals surface area contributed by atoms with E-state index in [1.54, 1.807) is 19.1 Å². The third-order valence-corrected chi connectivity index (χ3v) is 5.87. The Morgan fingerprint density at radius 3 is 2.80 bits per heavy atom. The van der Waals surface area contributed by atoms with Crippen molar-refractivity contribution in [2.75, 3.05) is 0 Å². The van der Waals surface area contributed by atoms with Crippen molar-refractivity contribution in [3.8, 4) is 0 Å². The molecule has 0 radical (unpaired) electrons. The Morgan fingerprint density at radius 2 is 2.04 bits per heavy atom. The van der Waals surface area contributed by atoms with Crippen molar-refractivity contribution in [3.63, 3.8) is 0 Å². The van der Waals surface area contributed by atoms with E-state index >= 15 is 0 Å². The van der Waals surface area contributed by atoms with Crippen molar-refractivity contribution in [3.05, 3.63) is 35.0 Å². The zero-order chi connectivity index (χ0) is 18.0. The van der Waals surface area contributed by atoms with Crippen molar-refractivity contribution in [2.45, 2.75) is 51.7 Å². The topological polar surface area (TPSA) is 55.4 Å². The molecule has 1 aliphatic rings. The second kappa shape index (κ2) is 7.52. The molecule has 1 heterocycles. The van der Waals surface area contributed by atoms with Gasteiger partial charge in [-0.25, -0.2) is 9.18 Å². The van der Waals surface area contributed by atoms with E-state index in [0.29, 0.717) is 16.2 Å². The van der Waals surface area contributed by atoms with Crippen molar-refractivity contribution in [1.29, 1.82) is 0 Å². The molecule has 0 saturated heterocycles. The number of halogens is 1. The number of rotatable bonds is 4. The summed E-state index contributed by atoms with van der Waals surface area (Å²) in [6.07, 6.45) is 3.53. The number of benzene rings is 1. The maximum absolute atomic E-state index is 13.3. The first kappa shape index (κ1) is 17.9. The van der Waals surface area contributed by atoms with Gasteiger partial charge in [0.1, 0.15) is 10.7 Å². The SMILES string of the molecule is C[C@@H](OC(=O)c1cc2cc(F)ccc2s1)C(=O)N[C@H]1CCCC[C@@H]1C. The molecule has 1 aromatic heterocycles. The highest BCUT2D eigenvalue weighted by Crippen LogP contribution is 2.27. The lowest BCUT2D eigenvalue weighted by molar-refractivity contribution is -0.130. The van der Waals surface area contributed by atoms with Gasteiger partial charge in [0.05, 0.1) is 0 Å². The largest absolute Gasteiger partial charge is 0.448 e. The van der Waals surface area contributed by atoms with Crippen LogP contribution in [0.15, 0.2) is 24.3 Å². The Kier molecular flexibility index (Phi) is 5.37. The van der Waals surface area contributed by atoms with Gasteiger partial charge in [-0.1, -0.05) is 19.8 Å². The van der Waals surface area contributed by atoms with E-state index in [0.717, 1.165) is 24.0 Å². The van der Waals surface area contributed by atoms with E-state index in [4.69, 9.17) is 4.74 Å². The molecule has 0 spiro atoms. The Labute approximate surface area is 150 Å². The summed E-state index contributed by atoms with van der Waals surface area (Å²) in [5, 5.41) is 3.65. The van der Waals surface area contributed by atoms with Crippen LogP contribution in [0.4, 0.5) is 4.39 Å². The second-order valence-electron chi connectivity index (χ2n) is 6.72. The highest BCUT2D eigenvalue weighted by atomic mass is 32.1. The summed E-state index contributed by atoms with van der Waals surface area (Å²) in [5.74, 6) is -0.724. The monoisotopic (exact) mass is 363 g/mol. The number of fused-ring (bicyclic) bond motifs is 1. The van der Waals surface area contributed by atoms with E-state index in [-0.39, 0.29) is 17.8 Å². The maximum Gasteiger partial charge on any atom is 0.349 e. The molecular weight excluding hydrogens is 341 g/mol. The smallest absolute Gasteiger partial charge is 0.349 e. The minimum absolute atomic E-state index is 0.148. The first-order valence-corrected chi connectivity index (χ1v) is 9.46. The van der Waals surface area contributed by atoms with Crippen LogP contribution in [0.1, 0.15) is 49.2 Å². The first-order chi connectivity index (χ1) is 11.9. The summed E-state index contributed by atoms with van der Waals surface area (Å²) in [7, 11) is 0. The molecule has 3 atom stereocenters. The van der Waals surface area contributed by atoms with Crippen LogP contribution >= 0.6 is 11.3 Å². The summed E-state index contributed by atoms with van der Waals surface area (Å²) >= 11 is 1.23. The number of hydrogen-bond acceptors (Lipinski definition) is 4. The molecular formula is C19H22FNO3S. The van der Waals surface area contributed by atoms with Gasteiger partial charge in [0.2, 0.25) is 0 Å². The molecule has 1 aromatic carbocycles. The van der Waals surface area contributed by atoms with Gasteiger partial charge in [-0.05, 0) is 55.3 Å². The van der Waals surface area contributed by atoms with Crippen LogP contribution in [0.25, 0.3) is 10.1 Å². The van der Waals surface area contributed by atoms with E-state index in [1.165, 1.54) is 29.9 Å². The van der Waals surface area contributed by atoms with Gasteiger partial charge in [-0.15, -0.1) is 11.3 Å². The third kappa shape index (κ3) is 4.18. The average molecular weight is 363 g/mol. The molecule has 3 rings (SSSR count). The lowest BCUT2D eigenvalue weighted by Crippen LogP contribution is -2.45. The minimum atomic E-state index is -0.858. The van der Waals surface area contributed by atoms with Gasteiger partial charge >= 0.3 is 5.97 Å². The number of esters is 1. The molecule has 0 unspecified atom stereocenters. The first-order valence-electron chi connectivity index (χ1n) is 8.64. The Balaban J connectivity index is 1.61. The number of carbonyl (C=O) groups is 2. The van der Waals surface area contributed by atoms with E-state index in [1.807, 2.05) is 0 Å². The van der Waals surface area contributed by atoms with Crippen molar-refractivity contribution in [1.82, 2.24) is 5.32 Å². The van der Waals surface area contributed by atoms with E-state index < -0.39 is 12.1 Å². The number of amides is 1. The van der Waals surface area contributed by atoms with Crippen LogP contribution in [0, 0.1) is 11.7 Å². The number of hydrogen-bond donors (Lipinski definition) is 1. The fourth-order valence-electron chi connectivity index (χ4n) is 3.22. The summed E-state index contributed by atoms with van der Waals surface area (Å²) in [6, 6.07) is 6.11. The highest BCUT2D eigenvalue weighted by Gasteiger charge is 2.26. The molecule has 1 amide bonds. The molecule has 6 heteroatoms. The Morgan fingerprint density at radius 1 is 1.28 bits per heavy atom. The zero-order valence-corrected chi connectivity index (χ0v) is 15.2. The van der Waals surface area contributed by atoms with E-state index in [2.05, 4.69) is 12.2 Å². The molecule has 1 fully saturated rings. The number of nitrogens with one attached hydrogen (secondary N) is 1. The Hall–Kier alpha value is -1.95. The van der Waals surface area contributed by atoms with Gasteiger partial charge in [0, 0.05) is 10.7 Å². The van der Waals surface area contributed by atoms with Gasteiger partial charge in [-0.2, -0.15) is 0 Å². The summed E-state index contributed by atoms with van der Waals surface area (Å²) in [4.78, 5) is 25.0. The molecule has 4 nitrogen and oxygen atoms in total. The average Bonchev–Trinajstić information content (AvgIpc) is 3.00. The van der Waals surface area contributed by atoms with Gasteiger partial charge in [-0.3, -0.25) is 4.79 Å². The van der Waals surface area contributed by atoms with Gasteiger partial charge < -0.3 is 10.1 Å². The summed E-state index contributed by atoms with van der Waals surface area (Å²) in [5.41, 5.74) is 0. The number of thiophene rings is 1. The second-order valence-corrected chi connectivity index (χ2v) is 7.80. The van der Waals surface area contributed by atoms with E-state index in [9.17, 15) is 14.0 Å². The van der Waals surface area contributed by atoms with Gasteiger partial charge in [0.15, 0.2) is 6.10 Å². The fraction of sp³-hybridized carbons (Fsp3) is 0.474. The van der Waals surface area contributed by atoms with Crippen molar-refractivity contribution >= 4 is 33.3 Å². The van der Waals surface area contributed by atoms with Crippen molar-refractivity contribution < 1.29 is 18.7 Å². The quantitative estimate of drug-likeness (QED) is 0.825. The van der Waals surface area contributed by atoms with Crippen LogP contribution in [-0.4, -0.2) is 24.0 Å². The summed E-state index contributed by atoms with van der Waals surface area (Å²) in [6.45, 7) is 3.71. The molecule has 1 saturated carbocycles. The van der Waals surface area contributed by atoms with Crippen LogP contribution in [0.3, 0.4) is 0 Å². The number of carbonyl (C=O) groups excluding carboxylic acids is 2. The molecule has 1 aliphatic carbocycles. The normalized spacial score (nSPS) is 21.7. The molecule has 25 heavy (non-hydrogen) atoms. The maximum atomic E-state index is 13.3. The fourth-order valence-corrected chi connectivity index (χ4v) is 4.14. The highest BCUT2D eigenvalue weighted by molar-refractivity contribution is 7.20. The molecule has 134 valence electrons. The molecule has 2 aromatic rings. The Bertz CT molecular complexity index is 788. The zero-order valence-electron chi connectivity index (χ0n) is 14.4. The third-order valence-electron chi connectivity index (χ3n) is 4.77. The van der Waals surface area contributed by atoms with Gasteiger partial charge in [0.25, 0.3) is 5.91 Å². The number of ether oxygens (including phenoxy) is 1. The van der Waals surface area contributed by atoms with Crippen LogP contribution < -0.4 is 5.32 Å². The lowest BCUT2D eigenvalue weighted by Gasteiger charge is -2.30. The van der Waals surface area contributed by atoms with Crippen LogP contribution in [0.5, 0.6) is 0 Å². The predicted octanol–water partition coefficient (Wildman–Crippen LogP) is 4.28. The summed E-state index contributed by atoms with van der Waals surface area (Å²) < 4.78 is 19.4. The standard InChI is InChI=1S/C19H22FNO3S/c1-11-5-3-4-6-15(11)21-18(22)12(2)24-19(23)17-10-13-9-14(20)7-8-16(13)25-17/h7-12,15H,3-6H2,1-2H3,(H,21,22)/t11-,12+,15-/m0/s1. The molecule has 0 bridgehead atoms. The molecule has 1 N–H and O–H groups in total. The molecule has 0 aliphatic heterocycles.